The van der Waals surface area contributed by atoms with Crippen molar-refractivity contribution < 1.29 is 53.4 Å². The number of aliphatic imine (C=N–C) groups is 2. The number of ketones is 1. The molecule has 3 fully saturated rings. The van der Waals surface area contributed by atoms with Gasteiger partial charge < -0.3 is 69.9 Å². The molecule has 7 atom stereocenters. The Balaban J connectivity index is 1.21. The van der Waals surface area contributed by atoms with Crippen LogP contribution >= 0.6 is 0 Å². The van der Waals surface area contributed by atoms with Crippen molar-refractivity contribution in [3.63, 3.8) is 0 Å². The summed E-state index contributed by atoms with van der Waals surface area (Å²) in [5.74, 6) is -7.04. The number of hydrogen-bond acceptors (Lipinski definition) is 13. The highest BCUT2D eigenvalue weighted by Gasteiger charge is 2.43. The molecule has 3 saturated heterocycles. The quantitative estimate of drug-likeness (QED) is 0.0244. The monoisotopic (exact) mass is 1060 g/mol. The molecule has 26 nitrogen and oxygen atoms in total. The molecule has 1 unspecified atom stereocenters. The molecule has 414 valence electrons. The lowest BCUT2D eigenvalue weighted by atomic mass is 9.92. The summed E-state index contributed by atoms with van der Waals surface area (Å²) in [4.78, 5) is 133. The first-order valence-corrected chi connectivity index (χ1v) is 25.6. The van der Waals surface area contributed by atoms with Gasteiger partial charge in [0.25, 0.3) is 5.91 Å². The van der Waals surface area contributed by atoms with Crippen LogP contribution in [-0.2, 0) is 51.2 Å². The van der Waals surface area contributed by atoms with Crippen LogP contribution in [0.3, 0.4) is 0 Å². The molecule has 2 aromatic carbocycles. The van der Waals surface area contributed by atoms with E-state index in [9.17, 15) is 53.4 Å². The van der Waals surface area contributed by atoms with E-state index in [0.717, 1.165) is 10.0 Å². The second kappa shape index (κ2) is 29.3. The van der Waals surface area contributed by atoms with E-state index in [4.69, 9.17) is 28.7 Å². The summed E-state index contributed by atoms with van der Waals surface area (Å²) >= 11 is 0. The predicted octanol–water partition coefficient (Wildman–Crippen LogP) is -2.85. The average molecular weight is 1060 g/mol. The van der Waals surface area contributed by atoms with Crippen LogP contribution in [0, 0.1) is 5.92 Å². The maximum Gasteiger partial charge on any atom is 0.336 e. The molecule has 2 aromatic rings. The number of likely N-dealkylation sites (tertiary alicyclic amines) is 2. The number of nitrogens with two attached hydrogens (primary N) is 5. The minimum absolute atomic E-state index is 0.00385. The van der Waals surface area contributed by atoms with E-state index >= 15 is 0 Å². The number of guanidine groups is 2. The number of Topliss-reactive ketones (excluding diaryl/α,β-unsaturated/α-hetero) is 1. The summed E-state index contributed by atoms with van der Waals surface area (Å²) in [6.45, 7) is -0.472. The van der Waals surface area contributed by atoms with E-state index in [2.05, 4.69) is 31.3 Å². The summed E-state index contributed by atoms with van der Waals surface area (Å²) in [6.07, 6.45) is 2.67. The number of nitrogens with zero attached hydrogens (tertiary/aromatic N) is 6. The fourth-order valence-electron chi connectivity index (χ4n) is 9.48. The molecule has 5 rings (SSSR count). The first-order chi connectivity index (χ1) is 36.4. The molecule has 0 aliphatic carbocycles. The third kappa shape index (κ3) is 17.4. The van der Waals surface area contributed by atoms with E-state index in [1.165, 1.54) is 9.80 Å². The maximum absolute atomic E-state index is 14.1. The predicted molar refractivity (Wildman–Crippen MR) is 278 cm³/mol. The number of hydrazine groups is 1. The summed E-state index contributed by atoms with van der Waals surface area (Å²) in [7, 11) is 0. The van der Waals surface area contributed by atoms with Gasteiger partial charge in [0.05, 0.1) is 31.2 Å². The minimum atomic E-state index is -1.61. The highest BCUT2D eigenvalue weighted by molar-refractivity contribution is 5.97. The molecule has 0 spiro atoms. The summed E-state index contributed by atoms with van der Waals surface area (Å²) in [6, 6.07) is 9.71. The molecule has 16 N–H and O–H groups in total. The average Bonchev–Trinajstić information content (AvgIpc) is 4.22. The van der Waals surface area contributed by atoms with Crippen molar-refractivity contribution in [3.05, 3.63) is 71.8 Å². The van der Waals surface area contributed by atoms with Crippen LogP contribution in [-0.4, -0.2) is 184 Å². The number of carbonyl (C=O) groups excluding carboxylic acids is 8. The second-order valence-electron chi connectivity index (χ2n) is 19.0. The standard InChI is InChI=1S/C50H73N15O11/c51-34(17-8-21-57-49(54)55)44(71)63-23-10-19-39(63)46(73)62-22-9-18-38(62)43(70)58-29-41(68)59-36(27-32-14-5-2-6-15-32)42(69)60-37(30-66)45(72)64-24-11-25-65(64)50(76)61-35(26-31-12-3-1-4-13-31)40(67)28-33(47(74)75)16-7-20-56-48(52)53/h1-6,12-15,33-39,66H,7-11,16-30,51H2,(H,58,70)(H,59,68)(H,60,69)(H,61,76)(H,74,75)(H4,52,53,56)(H4,54,55,57)/t33-,34+,35-,36?,37-,38+,39+/m0/s1. The molecule has 8 amide bonds. The SMILES string of the molecule is NC(N)=NCCC[C@@H](CC(=O)[C@H](Cc1ccccc1)NC(=O)N1CCCN1C(=O)[C@H](CO)NC(=O)C(Cc1ccccc1)NC(=O)CNC(=O)[C@H]1CCCN1C(=O)[C@H]1CCCN1C(=O)[C@H](N)CCCN=C(N)N)C(=O)O. The number of benzene rings is 2. The van der Waals surface area contributed by atoms with Crippen LogP contribution in [0.1, 0.15) is 75.3 Å². The van der Waals surface area contributed by atoms with Crippen LogP contribution in [0.2, 0.25) is 0 Å². The molecule has 0 aromatic heterocycles. The van der Waals surface area contributed by atoms with Crippen molar-refractivity contribution in [2.45, 2.75) is 113 Å². The van der Waals surface area contributed by atoms with Gasteiger partial charge in [-0.1, -0.05) is 60.7 Å². The van der Waals surface area contributed by atoms with Crippen molar-refractivity contribution in [3.8, 4) is 0 Å². The Morgan fingerprint density at radius 3 is 1.80 bits per heavy atom. The lowest BCUT2D eigenvalue weighted by molar-refractivity contribution is -0.147. The topological polar surface area (TPSA) is 410 Å². The van der Waals surface area contributed by atoms with Gasteiger partial charge in [0.15, 0.2) is 17.7 Å². The Hall–Kier alpha value is -7.87. The number of urea groups is 1. The van der Waals surface area contributed by atoms with Crippen LogP contribution in [0.5, 0.6) is 0 Å². The van der Waals surface area contributed by atoms with Gasteiger partial charge in [-0.25, -0.2) is 14.8 Å². The van der Waals surface area contributed by atoms with Gasteiger partial charge in [-0.15, -0.1) is 0 Å². The van der Waals surface area contributed by atoms with Crippen molar-refractivity contribution in [2.24, 2.45) is 44.6 Å². The van der Waals surface area contributed by atoms with Crippen LogP contribution < -0.4 is 49.9 Å². The third-order valence-corrected chi connectivity index (χ3v) is 13.4. The summed E-state index contributed by atoms with van der Waals surface area (Å²) < 4.78 is 0. The van der Waals surface area contributed by atoms with E-state index in [1.54, 1.807) is 60.7 Å². The number of amides is 8. The van der Waals surface area contributed by atoms with Crippen molar-refractivity contribution in [1.82, 2.24) is 41.1 Å². The number of aliphatic hydroxyl groups excluding tert-OH is 1. The summed E-state index contributed by atoms with van der Waals surface area (Å²) in [5.41, 5.74) is 29.0. The molecule has 0 bridgehead atoms. The van der Waals surface area contributed by atoms with Crippen LogP contribution in [0.25, 0.3) is 0 Å². The van der Waals surface area contributed by atoms with E-state index in [1.807, 2.05) is 0 Å². The number of carboxylic acids is 1. The van der Waals surface area contributed by atoms with Gasteiger partial charge in [0, 0.05) is 52.1 Å². The van der Waals surface area contributed by atoms with Crippen molar-refractivity contribution in [2.75, 3.05) is 52.4 Å². The number of nitrogens with one attached hydrogen (secondary N) is 4. The third-order valence-electron chi connectivity index (χ3n) is 13.4. The summed E-state index contributed by atoms with van der Waals surface area (Å²) in [5, 5.41) is 32.9. The highest BCUT2D eigenvalue weighted by atomic mass is 16.4. The zero-order valence-electron chi connectivity index (χ0n) is 42.6. The van der Waals surface area contributed by atoms with Gasteiger partial charge in [-0.2, -0.15) is 0 Å². The Labute approximate surface area is 440 Å². The molecular weight excluding hydrogens is 987 g/mol. The Bertz CT molecular complexity index is 2400. The molecular formula is C50H73N15O11. The number of aliphatic carboxylic acids is 1. The zero-order valence-corrected chi connectivity index (χ0v) is 42.6. The fraction of sp³-hybridized carbons (Fsp3) is 0.540. The van der Waals surface area contributed by atoms with E-state index < -0.39 is 109 Å². The van der Waals surface area contributed by atoms with Gasteiger partial charge in [0.2, 0.25) is 29.5 Å². The van der Waals surface area contributed by atoms with Crippen molar-refractivity contribution >= 4 is 65.1 Å². The number of carboxylic acid groups (broad SMARTS) is 1. The molecule has 76 heavy (non-hydrogen) atoms. The lowest BCUT2D eigenvalue weighted by Gasteiger charge is -2.32. The highest BCUT2D eigenvalue weighted by Crippen LogP contribution is 2.26. The number of rotatable bonds is 27. The van der Waals surface area contributed by atoms with Crippen LogP contribution in [0.4, 0.5) is 4.79 Å². The first kappa shape index (κ1) is 59.0. The largest absolute Gasteiger partial charge is 0.481 e. The molecule has 0 radical (unpaired) electrons. The maximum atomic E-state index is 14.1. The Morgan fingerprint density at radius 1 is 0.645 bits per heavy atom. The number of aliphatic hydroxyl groups is 1. The Kier molecular flexibility index (Phi) is 22.7. The normalized spacial score (nSPS) is 18.1. The molecule has 3 aliphatic heterocycles. The van der Waals surface area contributed by atoms with Gasteiger partial charge >= 0.3 is 12.0 Å². The van der Waals surface area contributed by atoms with Crippen LogP contribution in [0.15, 0.2) is 70.6 Å². The fourth-order valence-corrected chi connectivity index (χ4v) is 9.48. The smallest absolute Gasteiger partial charge is 0.336 e. The minimum Gasteiger partial charge on any atom is -0.481 e. The van der Waals surface area contributed by atoms with Gasteiger partial charge in [-0.05, 0) is 75.3 Å². The first-order valence-electron chi connectivity index (χ1n) is 25.6. The van der Waals surface area contributed by atoms with Crippen molar-refractivity contribution in [1.29, 1.82) is 0 Å². The molecule has 3 heterocycles. The van der Waals surface area contributed by atoms with E-state index in [-0.39, 0.29) is 69.7 Å². The van der Waals surface area contributed by atoms with Gasteiger partial charge in [0.1, 0.15) is 24.2 Å². The molecule has 26 heteroatoms. The zero-order chi connectivity index (χ0) is 55.3. The van der Waals surface area contributed by atoms with Gasteiger partial charge in [-0.3, -0.25) is 48.3 Å². The number of hydrogen-bond donors (Lipinski definition) is 11. The molecule has 3 aliphatic rings. The second-order valence-corrected chi connectivity index (χ2v) is 19.0. The Morgan fingerprint density at radius 2 is 1.21 bits per heavy atom. The number of carbonyl (C=O) groups is 9. The lowest BCUT2D eigenvalue weighted by Crippen LogP contribution is -2.60. The van der Waals surface area contributed by atoms with E-state index in [0.29, 0.717) is 69.2 Å². The molecule has 0 saturated carbocycles.